The van der Waals surface area contributed by atoms with Crippen molar-refractivity contribution in [2.24, 2.45) is 17.8 Å². The molecule has 0 saturated heterocycles. The van der Waals surface area contributed by atoms with Crippen molar-refractivity contribution in [2.75, 3.05) is 0 Å². The summed E-state index contributed by atoms with van der Waals surface area (Å²) in [6.45, 7) is 3.86. The van der Waals surface area contributed by atoms with Crippen LogP contribution in [0.1, 0.15) is 91.0 Å². The predicted octanol–water partition coefficient (Wildman–Crippen LogP) is 8.20. The molecule has 1 aromatic carbocycles. The average molecular weight is 365 g/mol. The van der Waals surface area contributed by atoms with E-state index in [0.29, 0.717) is 11.1 Å². The average Bonchev–Trinajstić information content (AvgIpc) is 2.67. The van der Waals surface area contributed by atoms with Gasteiger partial charge in [0.1, 0.15) is 0 Å². The van der Waals surface area contributed by atoms with Gasteiger partial charge in [-0.15, -0.1) is 0 Å². The molecule has 148 valence electrons. The molecule has 1 aromatic rings. The Kier molecular flexibility index (Phi) is 6.89. The van der Waals surface area contributed by atoms with Gasteiger partial charge in [0.05, 0.1) is 0 Å². The Bertz CT molecular complexity index is 613. The number of allylic oxidation sites excluding steroid dienone is 2. The van der Waals surface area contributed by atoms with Crippen molar-refractivity contribution in [3.05, 3.63) is 47.0 Å². The van der Waals surface area contributed by atoms with E-state index in [1.807, 2.05) is 6.07 Å². The van der Waals surface area contributed by atoms with E-state index in [1.165, 1.54) is 51.4 Å². The van der Waals surface area contributed by atoms with Gasteiger partial charge in [-0.3, -0.25) is 0 Å². The highest BCUT2D eigenvalue weighted by Gasteiger charge is 2.32. The van der Waals surface area contributed by atoms with Crippen molar-refractivity contribution in [1.82, 2.24) is 0 Å². The highest BCUT2D eigenvalue weighted by Crippen LogP contribution is 2.44. The SMILES string of the molecule is CCC/C=C/C1CCC(C2CCC(c3ccc(C)c(F)c3F)CC2)CC1.[HH].[HH]. The highest BCUT2D eigenvalue weighted by molar-refractivity contribution is 5.28. The van der Waals surface area contributed by atoms with Crippen LogP contribution in [-0.2, 0) is 0 Å². The smallest absolute Gasteiger partial charge is 0.162 e. The molecule has 2 saturated carbocycles. The number of halogens is 2. The molecule has 0 bridgehead atoms. The molecule has 0 atom stereocenters. The van der Waals surface area contributed by atoms with E-state index in [9.17, 15) is 8.78 Å². The summed E-state index contributed by atoms with van der Waals surface area (Å²) in [6.07, 6.45) is 17.0. The summed E-state index contributed by atoms with van der Waals surface area (Å²) in [6, 6.07) is 3.54. The predicted molar refractivity (Wildman–Crippen MR) is 110 cm³/mol. The summed E-state index contributed by atoms with van der Waals surface area (Å²) in [5, 5.41) is 0. The number of hydrogen-bond donors (Lipinski definition) is 0. The summed E-state index contributed by atoms with van der Waals surface area (Å²) < 4.78 is 28.2. The third kappa shape index (κ3) is 4.56. The van der Waals surface area contributed by atoms with Gasteiger partial charge in [0, 0.05) is 2.85 Å². The largest absolute Gasteiger partial charge is 0.203 e. The molecule has 0 heterocycles. The molecule has 0 N–H and O–H groups in total. The molecule has 0 spiro atoms. The monoisotopic (exact) mass is 364 g/mol. The van der Waals surface area contributed by atoms with Crippen molar-refractivity contribution in [3.63, 3.8) is 0 Å². The van der Waals surface area contributed by atoms with Crippen molar-refractivity contribution in [2.45, 2.75) is 84.0 Å². The molecule has 2 fully saturated rings. The molecule has 0 unspecified atom stereocenters. The van der Waals surface area contributed by atoms with Crippen LogP contribution in [0.25, 0.3) is 0 Å². The second-order valence-electron chi connectivity index (χ2n) is 8.60. The van der Waals surface area contributed by atoms with E-state index in [4.69, 9.17) is 0 Å². The van der Waals surface area contributed by atoms with Crippen LogP contribution in [0, 0.1) is 36.3 Å². The van der Waals surface area contributed by atoms with Crippen LogP contribution in [0.3, 0.4) is 0 Å². The lowest BCUT2D eigenvalue weighted by molar-refractivity contribution is 0.170. The van der Waals surface area contributed by atoms with Crippen LogP contribution in [0.5, 0.6) is 0 Å². The van der Waals surface area contributed by atoms with E-state index in [1.54, 1.807) is 13.0 Å². The first-order valence-corrected chi connectivity index (χ1v) is 10.7. The zero-order chi connectivity index (χ0) is 18.5. The minimum atomic E-state index is -0.654. The first-order chi connectivity index (χ1) is 12.6. The van der Waals surface area contributed by atoms with Crippen LogP contribution in [0.4, 0.5) is 8.78 Å². The lowest BCUT2D eigenvalue weighted by Crippen LogP contribution is -2.25. The van der Waals surface area contributed by atoms with Crippen LogP contribution < -0.4 is 0 Å². The molecule has 2 aliphatic carbocycles. The van der Waals surface area contributed by atoms with E-state index in [-0.39, 0.29) is 8.77 Å². The molecular weight excluding hydrogens is 326 g/mol. The summed E-state index contributed by atoms with van der Waals surface area (Å²) >= 11 is 0. The molecule has 2 aliphatic rings. The maximum atomic E-state index is 14.3. The van der Waals surface area contributed by atoms with Gasteiger partial charge in [0.15, 0.2) is 11.6 Å². The third-order valence-corrected chi connectivity index (χ3v) is 6.86. The number of benzene rings is 1. The second-order valence-corrected chi connectivity index (χ2v) is 8.60. The van der Waals surface area contributed by atoms with E-state index in [0.717, 1.165) is 30.6 Å². The van der Waals surface area contributed by atoms with Gasteiger partial charge in [-0.1, -0.05) is 37.6 Å². The van der Waals surface area contributed by atoms with Gasteiger partial charge in [-0.25, -0.2) is 8.78 Å². The summed E-state index contributed by atoms with van der Waals surface area (Å²) in [5.41, 5.74) is 1.01. The van der Waals surface area contributed by atoms with Crippen molar-refractivity contribution >= 4 is 0 Å². The Balaban J connectivity index is 0.00000196. The lowest BCUT2D eigenvalue weighted by Gasteiger charge is -2.37. The first kappa shape index (κ1) is 19.6. The summed E-state index contributed by atoms with van der Waals surface area (Å²) in [7, 11) is 0. The van der Waals surface area contributed by atoms with Gasteiger partial charge < -0.3 is 0 Å². The lowest BCUT2D eigenvalue weighted by atomic mass is 9.68. The molecule has 26 heavy (non-hydrogen) atoms. The van der Waals surface area contributed by atoms with Gasteiger partial charge in [0.2, 0.25) is 0 Å². The standard InChI is InChI=1S/C24H34F2.2H2/c1-3-4-5-6-18-8-10-19(11-9-18)20-12-14-21(15-13-20)22-16-7-17(2)23(25)24(22)26;;/h5-7,16,18-21H,3-4,8-15H2,1-2H3;2*1H/b6-5+;;. The van der Waals surface area contributed by atoms with Crippen molar-refractivity contribution in [1.29, 1.82) is 0 Å². The fraction of sp³-hybridized carbons (Fsp3) is 0.667. The normalized spacial score (nSPS) is 30.0. The van der Waals surface area contributed by atoms with Crippen molar-refractivity contribution < 1.29 is 11.6 Å². The molecule has 3 rings (SSSR count). The fourth-order valence-corrected chi connectivity index (χ4v) is 5.14. The fourth-order valence-electron chi connectivity index (χ4n) is 5.14. The number of aryl methyl sites for hydroxylation is 1. The van der Waals surface area contributed by atoms with E-state index in [2.05, 4.69) is 19.1 Å². The molecule has 0 nitrogen and oxygen atoms in total. The van der Waals surface area contributed by atoms with Crippen LogP contribution in [-0.4, -0.2) is 0 Å². The van der Waals surface area contributed by atoms with Gasteiger partial charge in [-0.05, 0) is 99.5 Å². The topological polar surface area (TPSA) is 0 Å². The second kappa shape index (κ2) is 9.15. The summed E-state index contributed by atoms with van der Waals surface area (Å²) in [4.78, 5) is 0. The van der Waals surface area contributed by atoms with E-state index >= 15 is 0 Å². The maximum absolute atomic E-state index is 14.3. The van der Waals surface area contributed by atoms with Crippen LogP contribution >= 0.6 is 0 Å². The van der Waals surface area contributed by atoms with Gasteiger partial charge in [0.25, 0.3) is 0 Å². The number of rotatable bonds is 5. The van der Waals surface area contributed by atoms with Gasteiger partial charge >= 0.3 is 0 Å². The molecule has 0 aromatic heterocycles. The first-order valence-electron chi connectivity index (χ1n) is 10.7. The zero-order valence-corrected chi connectivity index (χ0v) is 16.4. The molecule has 0 aliphatic heterocycles. The molecule has 0 radical (unpaired) electrons. The molecular formula is C24H38F2. The summed E-state index contributed by atoms with van der Waals surface area (Å²) in [5.74, 6) is 1.39. The Hall–Kier alpha value is -1.18. The Labute approximate surface area is 161 Å². The third-order valence-electron chi connectivity index (χ3n) is 6.86. The Morgan fingerprint density at radius 2 is 1.54 bits per heavy atom. The number of unbranched alkanes of at least 4 members (excludes halogenated alkanes) is 1. The zero-order valence-electron chi connectivity index (χ0n) is 16.4. The molecule has 0 amide bonds. The maximum Gasteiger partial charge on any atom is 0.162 e. The Morgan fingerprint density at radius 1 is 0.923 bits per heavy atom. The van der Waals surface area contributed by atoms with Crippen molar-refractivity contribution in [3.8, 4) is 0 Å². The van der Waals surface area contributed by atoms with Crippen LogP contribution in [0.15, 0.2) is 24.3 Å². The van der Waals surface area contributed by atoms with Crippen LogP contribution in [0.2, 0.25) is 0 Å². The highest BCUT2D eigenvalue weighted by atomic mass is 19.2. The Morgan fingerprint density at radius 3 is 2.15 bits per heavy atom. The molecule has 2 heteroatoms. The number of hydrogen-bond acceptors (Lipinski definition) is 0. The van der Waals surface area contributed by atoms with Gasteiger partial charge in [-0.2, -0.15) is 0 Å². The minimum Gasteiger partial charge on any atom is -0.203 e. The minimum absolute atomic E-state index is 0. The quantitative estimate of drug-likeness (QED) is 0.462. The van der Waals surface area contributed by atoms with E-state index < -0.39 is 11.6 Å².